The average molecular weight is 492 g/mol. The molecule has 176 valence electrons. The molecule has 4 rings (SSSR count). The molecular weight excluding hydrogens is 466 g/mol. The molecule has 0 aliphatic carbocycles. The van der Waals surface area contributed by atoms with Crippen LogP contribution in [0, 0.1) is 5.41 Å². The number of anilines is 3. The van der Waals surface area contributed by atoms with Gasteiger partial charge in [0.15, 0.2) is 28.9 Å². The van der Waals surface area contributed by atoms with Crippen LogP contribution in [0.4, 0.5) is 17.3 Å². The fourth-order valence-electron chi connectivity index (χ4n) is 3.47. The molecule has 1 aromatic heterocycles. The number of hydrogen-bond acceptors (Lipinski definition) is 10. The summed E-state index contributed by atoms with van der Waals surface area (Å²) in [7, 11) is -2.55. The first-order valence-electron chi connectivity index (χ1n) is 10.1. The zero-order valence-corrected chi connectivity index (χ0v) is 20.2. The zero-order valence-electron chi connectivity index (χ0n) is 18.5. The maximum atomic E-state index is 12.2. The first kappa shape index (κ1) is 23.1. The van der Waals surface area contributed by atoms with Crippen LogP contribution < -0.4 is 24.8 Å². The maximum Gasteiger partial charge on any atom is 0.244 e. The third-order valence-electron chi connectivity index (χ3n) is 5.18. The van der Waals surface area contributed by atoms with Crippen LogP contribution in [0.1, 0.15) is 32.4 Å². The quantitative estimate of drug-likeness (QED) is 0.364. The Hall–Kier alpha value is -3.09. The average Bonchev–Trinajstić information content (AvgIpc) is 3.41. The van der Waals surface area contributed by atoms with Gasteiger partial charge in [0.1, 0.15) is 4.90 Å². The molecule has 0 fully saturated rings. The summed E-state index contributed by atoms with van der Waals surface area (Å²) in [5.74, 6) is 1.82. The minimum Gasteiger partial charge on any atom is -0.504 e. The Morgan fingerprint density at radius 3 is 2.55 bits per heavy atom. The Morgan fingerprint density at radius 2 is 1.82 bits per heavy atom. The monoisotopic (exact) mass is 491 g/mol. The third-order valence-corrected chi connectivity index (χ3v) is 7.15. The molecule has 12 heteroatoms. The van der Waals surface area contributed by atoms with Crippen molar-refractivity contribution >= 4 is 39.1 Å². The lowest BCUT2D eigenvalue weighted by Gasteiger charge is -2.32. The Kier molecular flexibility index (Phi) is 6.08. The van der Waals surface area contributed by atoms with Gasteiger partial charge < -0.3 is 25.2 Å². The van der Waals surface area contributed by atoms with E-state index >= 15 is 0 Å². The number of rotatable bonds is 7. The van der Waals surface area contributed by atoms with Crippen LogP contribution in [0.2, 0.25) is 0 Å². The van der Waals surface area contributed by atoms with Gasteiger partial charge in [0.2, 0.25) is 16.8 Å². The lowest BCUT2D eigenvalue weighted by Crippen LogP contribution is -2.26. The molecule has 0 saturated carbocycles. The van der Waals surface area contributed by atoms with Gasteiger partial charge in [0.25, 0.3) is 0 Å². The molecule has 4 N–H and O–H groups in total. The number of phenolic OH excluding ortho intramolecular Hbond substituents is 1. The highest BCUT2D eigenvalue weighted by Gasteiger charge is 2.30. The second kappa shape index (κ2) is 8.69. The fraction of sp³-hybridized carbons (Fsp3) is 0.333. The van der Waals surface area contributed by atoms with Crippen molar-refractivity contribution in [2.24, 2.45) is 5.41 Å². The van der Waals surface area contributed by atoms with Crippen molar-refractivity contribution in [1.29, 1.82) is 0 Å². The van der Waals surface area contributed by atoms with E-state index in [1.165, 1.54) is 19.2 Å². The van der Waals surface area contributed by atoms with Gasteiger partial charge in [-0.3, -0.25) is 0 Å². The number of nitrogens with one attached hydrogen (secondary N) is 3. The normalized spacial score (nSPS) is 14.2. The molecule has 1 aliphatic heterocycles. The minimum absolute atomic E-state index is 0.166. The molecule has 2 heterocycles. The van der Waals surface area contributed by atoms with E-state index in [-0.39, 0.29) is 28.8 Å². The van der Waals surface area contributed by atoms with Crippen LogP contribution in [-0.4, -0.2) is 36.1 Å². The van der Waals surface area contributed by atoms with Crippen molar-refractivity contribution in [3.8, 4) is 17.2 Å². The summed E-state index contributed by atoms with van der Waals surface area (Å²) in [5.41, 5.74) is 0.963. The second-order valence-corrected chi connectivity index (χ2v) is 10.9. The van der Waals surface area contributed by atoms with Gasteiger partial charge >= 0.3 is 0 Å². The van der Waals surface area contributed by atoms with Crippen molar-refractivity contribution in [1.82, 2.24) is 13.5 Å². The van der Waals surface area contributed by atoms with Crippen molar-refractivity contribution < 1.29 is 23.0 Å². The molecule has 33 heavy (non-hydrogen) atoms. The molecule has 10 nitrogen and oxygen atoms in total. The van der Waals surface area contributed by atoms with Gasteiger partial charge in [-0.25, -0.2) is 13.1 Å². The molecule has 0 amide bonds. The number of aromatic nitrogens is 2. The molecule has 0 unspecified atom stereocenters. The van der Waals surface area contributed by atoms with E-state index in [2.05, 4.69) is 44.9 Å². The van der Waals surface area contributed by atoms with Crippen LogP contribution in [0.3, 0.4) is 0 Å². The molecule has 0 bridgehead atoms. The van der Waals surface area contributed by atoms with Crippen LogP contribution in [0.15, 0.2) is 41.3 Å². The third kappa shape index (κ3) is 4.68. The van der Waals surface area contributed by atoms with Crippen LogP contribution in [0.25, 0.3) is 0 Å². The molecule has 0 saturated heterocycles. The van der Waals surface area contributed by atoms with Gasteiger partial charge in [-0.15, -0.1) is 0 Å². The lowest BCUT2D eigenvalue weighted by molar-refractivity contribution is 0.174. The summed E-state index contributed by atoms with van der Waals surface area (Å²) < 4.78 is 46.2. The number of sulfonamides is 1. The molecule has 0 spiro atoms. The van der Waals surface area contributed by atoms with Crippen molar-refractivity contribution in [3.63, 3.8) is 0 Å². The molecule has 1 atom stereocenters. The number of fused-ring (bicyclic) bond motifs is 1. The number of ether oxygens (including phenoxy) is 2. The molecule has 2 aromatic carbocycles. The number of aromatic hydroxyl groups is 1. The Bertz CT molecular complexity index is 1270. The van der Waals surface area contributed by atoms with E-state index in [0.29, 0.717) is 23.1 Å². The molecule has 0 radical (unpaired) electrons. The van der Waals surface area contributed by atoms with Crippen molar-refractivity contribution in [2.75, 3.05) is 24.5 Å². The van der Waals surface area contributed by atoms with Crippen molar-refractivity contribution in [2.45, 2.75) is 31.7 Å². The number of hydrogen-bond donors (Lipinski definition) is 4. The topological polar surface area (TPSA) is 135 Å². The van der Waals surface area contributed by atoms with Crippen LogP contribution >= 0.6 is 11.7 Å². The Balaban J connectivity index is 1.64. The summed E-state index contributed by atoms with van der Waals surface area (Å²) in [4.78, 5) is -0.236. The Labute approximate surface area is 196 Å². The number of nitrogens with zero attached hydrogens (tertiary/aromatic N) is 2. The largest absolute Gasteiger partial charge is 0.504 e. The number of phenols is 1. The molecule has 1 aliphatic rings. The highest BCUT2D eigenvalue weighted by atomic mass is 32.2. The van der Waals surface area contributed by atoms with E-state index in [4.69, 9.17) is 9.47 Å². The Morgan fingerprint density at radius 1 is 1.09 bits per heavy atom. The van der Waals surface area contributed by atoms with Crippen molar-refractivity contribution in [3.05, 3.63) is 42.0 Å². The highest BCUT2D eigenvalue weighted by Crippen LogP contribution is 2.42. The standard InChI is InChI=1S/C21H25N5O5S2/c1-21(2,3)18(12-8-9-14-15(10-12)31-11-30-14)24-20-19(25-32-26-20)23-13-6-5-7-16(17(13)27)33(28,29)22-4/h5-10,18,22,27H,11H2,1-4H3,(H,23,25)(H,24,26)/t18-/m0/s1. The second-order valence-electron chi connectivity index (χ2n) is 8.50. The molecular formula is C21H25N5O5S2. The summed E-state index contributed by atoms with van der Waals surface area (Å²) in [5, 5.41) is 17.0. The van der Waals surface area contributed by atoms with E-state index in [1.54, 1.807) is 6.07 Å². The first-order valence-corrected chi connectivity index (χ1v) is 12.3. The van der Waals surface area contributed by atoms with E-state index < -0.39 is 15.8 Å². The summed E-state index contributed by atoms with van der Waals surface area (Å²) >= 11 is 0.992. The highest BCUT2D eigenvalue weighted by molar-refractivity contribution is 7.89. The van der Waals surface area contributed by atoms with Gasteiger partial charge in [-0.05, 0) is 42.3 Å². The SMILES string of the molecule is CNS(=O)(=O)c1cccc(Nc2nsnc2N[C@@H](c2ccc3c(c2)OCO3)C(C)(C)C)c1O. The van der Waals surface area contributed by atoms with E-state index in [0.717, 1.165) is 17.3 Å². The lowest BCUT2D eigenvalue weighted by atomic mass is 9.82. The van der Waals surface area contributed by atoms with Gasteiger partial charge in [-0.1, -0.05) is 32.9 Å². The predicted octanol–water partition coefficient (Wildman–Crippen LogP) is 3.82. The minimum atomic E-state index is -3.83. The first-order chi connectivity index (χ1) is 15.6. The predicted molar refractivity (Wildman–Crippen MR) is 126 cm³/mol. The van der Waals surface area contributed by atoms with E-state index in [1.807, 2.05) is 18.2 Å². The van der Waals surface area contributed by atoms with E-state index in [9.17, 15) is 13.5 Å². The smallest absolute Gasteiger partial charge is 0.244 e. The summed E-state index contributed by atoms with van der Waals surface area (Å²) in [6, 6.07) is 10.0. The maximum absolute atomic E-state index is 12.2. The summed E-state index contributed by atoms with van der Waals surface area (Å²) in [6.07, 6.45) is 0. The zero-order chi connectivity index (χ0) is 23.8. The van der Waals surface area contributed by atoms with Gasteiger partial charge in [0, 0.05) is 0 Å². The van der Waals surface area contributed by atoms with Gasteiger partial charge in [0.05, 0.1) is 23.5 Å². The fourth-order valence-corrected chi connectivity index (χ4v) is 4.79. The molecule has 3 aromatic rings. The van der Waals surface area contributed by atoms with Gasteiger partial charge in [-0.2, -0.15) is 8.75 Å². The van der Waals surface area contributed by atoms with Crippen LogP contribution in [-0.2, 0) is 10.0 Å². The number of para-hydroxylation sites is 1. The summed E-state index contributed by atoms with van der Waals surface area (Å²) in [6.45, 7) is 6.49. The number of benzene rings is 2. The van der Waals surface area contributed by atoms with Crippen LogP contribution in [0.5, 0.6) is 17.2 Å².